The normalized spacial score (nSPS) is 12.3. The number of rotatable bonds is 2. The van der Waals surface area contributed by atoms with Crippen molar-refractivity contribution in [3.8, 4) is 11.8 Å². The molecule has 2 aromatic heterocycles. The van der Waals surface area contributed by atoms with Crippen LogP contribution in [0, 0.1) is 18.3 Å². The SMILES string of the molecule is Cc1ccc2nc(C(C)Cl)n(-c3ccc(C#N)cc3)c2n1. The van der Waals surface area contributed by atoms with Gasteiger partial charge in [0, 0.05) is 11.4 Å². The molecule has 104 valence electrons. The highest BCUT2D eigenvalue weighted by Crippen LogP contribution is 2.27. The average Bonchev–Trinajstić information content (AvgIpc) is 2.86. The van der Waals surface area contributed by atoms with Crippen molar-refractivity contribution in [2.24, 2.45) is 0 Å². The predicted molar refractivity (Wildman–Crippen MR) is 82.6 cm³/mol. The van der Waals surface area contributed by atoms with Crippen molar-refractivity contribution in [3.05, 3.63) is 53.5 Å². The number of hydrogen-bond donors (Lipinski definition) is 0. The molecule has 0 saturated carbocycles. The number of pyridine rings is 1. The minimum atomic E-state index is -0.241. The van der Waals surface area contributed by atoms with Gasteiger partial charge in [-0.25, -0.2) is 9.97 Å². The van der Waals surface area contributed by atoms with Gasteiger partial charge in [-0.05, 0) is 50.2 Å². The zero-order chi connectivity index (χ0) is 15.0. The fourth-order valence-electron chi connectivity index (χ4n) is 2.28. The number of nitrogens with zero attached hydrogens (tertiary/aromatic N) is 4. The summed E-state index contributed by atoms with van der Waals surface area (Å²) in [7, 11) is 0. The van der Waals surface area contributed by atoms with Crippen molar-refractivity contribution in [1.82, 2.24) is 14.5 Å². The third-order valence-corrected chi connectivity index (χ3v) is 3.48. The number of alkyl halides is 1. The Morgan fingerprint density at radius 1 is 1.14 bits per heavy atom. The summed E-state index contributed by atoms with van der Waals surface area (Å²) in [6.45, 7) is 3.83. The Morgan fingerprint density at radius 2 is 1.86 bits per heavy atom. The van der Waals surface area contributed by atoms with Crippen molar-refractivity contribution in [2.45, 2.75) is 19.2 Å². The number of hydrogen-bond acceptors (Lipinski definition) is 3. The summed E-state index contributed by atoms with van der Waals surface area (Å²) in [5, 5.41) is 8.67. The molecule has 0 spiro atoms. The van der Waals surface area contributed by atoms with E-state index in [-0.39, 0.29) is 5.38 Å². The molecule has 4 nitrogen and oxygen atoms in total. The fraction of sp³-hybridized carbons (Fsp3) is 0.188. The Hall–Kier alpha value is -2.38. The molecule has 1 unspecified atom stereocenters. The molecule has 0 fully saturated rings. The van der Waals surface area contributed by atoms with Crippen LogP contribution in [0.4, 0.5) is 0 Å². The smallest absolute Gasteiger partial charge is 0.164 e. The van der Waals surface area contributed by atoms with E-state index >= 15 is 0 Å². The van der Waals surface area contributed by atoms with Crippen LogP contribution in [0.1, 0.15) is 29.4 Å². The molecule has 0 aliphatic rings. The molecule has 2 heterocycles. The van der Waals surface area contributed by atoms with Gasteiger partial charge in [-0.2, -0.15) is 5.26 Å². The van der Waals surface area contributed by atoms with Gasteiger partial charge in [0.25, 0.3) is 0 Å². The first-order chi connectivity index (χ1) is 10.1. The molecule has 1 aromatic carbocycles. The van der Waals surface area contributed by atoms with Gasteiger partial charge in [0.2, 0.25) is 0 Å². The highest BCUT2D eigenvalue weighted by molar-refractivity contribution is 6.20. The van der Waals surface area contributed by atoms with Gasteiger partial charge in [-0.15, -0.1) is 11.6 Å². The molecule has 0 amide bonds. The number of nitriles is 1. The predicted octanol–water partition coefficient (Wildman–Crippen LogP) is 3.90. The van der Waals surface area contributed by atoms with Crippen LogP contribution in [-0.4, -0.2) is 14.5 Å². The first-order valence-corrected chi connectivity index (χ1v) is 7.04. The molecule has 3 rings (SSSR count). The van der Waals surface area contributed by atoms with Crippen molar-refractivity contribution in [3.63, 3.8) is 0 Å². The highest BCUT2D eigenvalue weighted by atomic mass is 35.5. The second kappa shape index (κ2) is 5.19. The van der Waals surface area contributed by atoms with Gasteiger partial charge in [0.1, 0.15) is 11.3 Å². The van der Waals surface area contributed by atoms with E-state index in [4.69, 9.17) is 16.9 Å². The molecule has 0 aliphatic heterocycles. The zero-order valence-corrected chi connectivity index (χ0v) is 12.5. The first-order valence-electron chi connectivity index (χ1n) is 6.61. The topological polar surface area (TPSA) is 54.5 Å². The molecular weight excluding hydrogens is 284 g/mol. The number of aromatic nitrogens is 3. The molecule has 0 saturated heterocycles. The van der Waals surface area contributed by atoms with Gasteiger partial charge in [0.05, 0.1) is 17.0 Å². The van der Waals surface area contributed by atoms with Crippen LogP contribution in [0.25, 0.3) is 16.9 Å². The largest absolute Gasteiger partial charge is 0.279 e. The second-order valence-electron chi connectivity index (χ2n) is 4.88. The molecule has 5 heteroatoms. The number of aryl methyl sites for hydroxylation is 1. The Morgan fingerprint density at radius 3 is 2.48 bits per heavy atom. The van der Waals surface area contributed by atoms with E-state index in [1.165, 1.54) is 0 Å². The summed E-state index contributed by atoms with van der Waals surface area (Å²) in [5.74, 6) is 0.745. The van der Waals surface area contributed by atoms with Crippen LogP contribution in [0.2, 0.25) is 0 Å². The van der Waals surface area contributed by atoms with E-state index in [1.54, 1.807) is 12.1 Å². The lowest BCUT2D eigenvalue weighted by molar-refractivity contribution is 0.876. The number of imidazole rings is 1. The highest BCUT2D eigenvalue weighted by Gasteiger charge is 2.17. The van der Waals surface area contributed by atoms with Gasteiger partial charge in [-0.1, -0.05) is 0 Å². The summed E-state index contributed by atoms with van der Waals surface area (Å²) in [6.07, 6.45) is 0. The van der Waals surface area contributed by atoms with E-state index in [1.807, 2.05) is 42.7 Å². The maximum Gasteiger partial charge on any atom is 0.164 e. The lowest BCUT2D eigenvalue weighted by atomic mass is 10.2. The minimum absolute atomic E-state index is 0.241. The van der Waals surface area contributed by atoms with Crippen LogP contribution >= 0.6 is 11.6 Å². The maximum absolute atomic E-state index is 8.91. The Kier molecular flexibility index (Phi) is 3.36. The van der Waals surface area contributed by atoms with Gasteiger partial charge in [0.15, 0.2) is 5.65 Å². The van der Waals surface area contributed by atoms with Crippen molar-refractivity contribution < 1.29 is 0 Å². The molecular formula is C16H13ClN4. The number of fused-ring (bicyclic) bond motifs is 1. The monoisotopic (exact) mass is 296 g/mol. The molecule has 0 radical (unpaired) electrons. The molecule has 0 N–H and O–H groups in total. The van der Waals surface area contributed by atoms with Crippen LogP contribution in [-0.2, 0) is 0 Å². The van der Waals surface area contributed by atoms with Crippen LogP contribution in [0.5, 0.6) is 0 Å². The summed E-state index contributed by atoms with van der Waals surface area (Å²) in [6, 6.07) is 13.3. The van der Waals surface area contributed by atoms with E-state index in [0.717, 1.165) is 28.4 Å². The van der Waals surface area contributed by atoms with Crippen molar-refractivity contribution in [1.29, 1.82) is 5.26 Å². The minimum Gasteiger partial charge on any atom is -0.279 e. The summed E-state index contributed by atoms with van der Waals surface area (Å²) >= 11 is 6.26. The second-order valence-corrected chi connectivity index (χ2v) is 5.53. The molecule has 0 aliphatic carbocycles. The third kappa shape index (κ3) is 2.37. The third-order valence-electron chi connectivity index (χ3n) is 3.28. The summed E-state index contributed by atoms with van der Waals surface area (Å²) < 4.78 is 1.95. The van der Waals surface area contributed by atoms with Gasteiger partial charge >= 0.3 is 0 Å². The van der Waals surface area contributed by atoms with Gasteiger partial charge < -0.3 is 0 Å². The quantitative estimate of drug-likeness (QED) is 0.674. The van der Waals surface area contributed by atoms with Crippen LogP contribution in [0.3, 0.4) is 0 Å². The number of benzene rings is 1. The average molecular weight is 297 g/mol. The van der Waals surface area contributed by atoms with Crippen LogP contribution in [0.15, 0.2) is 36.4 Å². The molecule has 21 heavy (non-hydrogen) atoms. The Bertz CT molecular complexity index is 841. The standard InChI is InChI=1S/C16H13ClN4/c1-10-3-8-14-16(19-10)21(15(20-14)11(2)17)13-6-4-12(9-18)5-7-13/h3-8,11H,1-2H3. The Balaban J connectivity index is 2.30. The van der Waals surface area contributed by atoms with Crippen molar-refractivity contribution in [2.75, 3.05) is 0 Å². The summed E-state index contributed by atoms with van der Waals surface area (Å²) in [4.78, 5) is 9.15. The zero-order valence-electron chi connectivity index (χ0n) is 11.7. The molecule has 3 aromatic rings. The van der Waals surface area contributed by atoms with E-state index < -0.39 is 0 Å². The lowest BCUT2D eigenvalue weighted by Crippen LogP contribution is -2.03. The molecule has 0 bridgehead atoms. The Labute approximate surface area is 127 Å². The fourth-order valence-corrected chi connectivity index (χ4v) is 2.42. The van der Waals surface area contributed by atoms with E-state index in [0.29, 0.717) is 5.56 Å². The molecule has 1 atom stereocenters. The number of halogens is 1. The first kappa shape index (κ1) is 13.6. The lowest BCUT2D eigenvalue weighted by Gasteiger charge is -2.10. The van der Waals surface area contributed by atoms with E-state index in [2.05, 4.69) is 16.0 Å². The van der Waals surface area contributed by atoms with Crippen LogP contribution < -0.4 is 0 Å². The maximum atomic E-state index is 8.91. The van der Waals surface area contributed by atoms with Crippen molar-refractivity contribution >= 4 is 22.8 Å². The van der Waals surface area contributed by atoms with E-state index in [9.17, 15) is 0 Å². The van der Waals surface area contributed by atoms with Gasteiger partial charge in [-0.3, -0.25) is 4.57 Å². The summed E-state index contributed by atoms with van der Waals surface area (Å²) in [5.41, 5.74) is 4.03.